The highest BCUT2D eigenvalue weighted by molar-refractivity contribution is 8.13. The summed E-state index contributed by atoms with van der Waals surface area (Å²) in [5.41, 5.74) is 4.27. The van der Waals surface area contributed by atoms with E-state index in [0.717, 1.165) is 61.1 Å². The first-order chi connectivity index (χ1) is 26.6. The summed E-state index contributed by atoms with van der Waals surface area (Å²) in [6.07, 6.45) is -1.22. The molecule has 57 heavy (non-hydrogen) atoms. The minimum atomic E-state index is -5.57. The Balaban J connectivity index is 1.45. The molecule has 0 saturated carbocycles. The highest BCUT2D eigenvalue weighted by Gasteiger charge is 2.50. The van der Waals surface area contributed by atoms with Gasteiger partial charge in [0.15, 0.2) is 22.8 Å². The SMILES string of the molecule is CCCCCCCC(=O)SCCNC(=O)CCNC(=O)[C@@H](O)C(C)(C)COP(=O)(O)OP(=O)(O)OC[C@@H]1O[C@@H](n2cnc3c(N)ncnc32)[C@H](O)[C@H]1OP(=O)(O)O. The zero-order valence-corrected chi connectivity index (χ0v) is 34.8. The van der Waals surface area contributed by atoms with Crippen LogP contribution in [0.3, 0.4) is 0 Å². The summed E-state index contributed by atoms with van der Waals surface area (Å²) in [4.78, 5) is 87.6. The summed E-state index contributed by atoms with van der Waals surface area (Å²) < 4.78 is 62.1. The maximum Gasteiger partial charge on any atom is 0.481 e. The van der Waals surface area contributed by atoms with Gasteiger partial charge in [0.1, 0.15) is 36.3 Å². The number of amides is 2. The molecule has 1 aliphatic heterocycles. The van der Waals surface area contributed by atoms with Gasteiger partial charge < -0.3 is 50.9 Å². The van der Waals surface area contributed by atoms with Crippen LogP contribution in [-0.4, -0.2) is 123 Å². The number of imidazole rings is 1. The van der Waals surface area contributed by atoms with Crippen LogP contribution in [0.2, 0.25) is 0 Å². The van der Waals surface area contributed by atoms with Crippen molar-refractivity contribution in [2.45, 2.75) is 96.4 Å². The second-order valence-corrected chi connectivity index (χ2v) is 18.8. The number of thioether (sulfide) groups is 1. The minimum absolute atomic E-state index is 0.0325. The zero-order chi connectivity index (χ0) is 42.6. The Morgan fingerprint density at radius 3 is 2.37 bits per heavy atom. The van der Waals surface area contributed by atoms with Gasteiger partial charge in [0.2, 0.25) is 11.8 Å². The van der Waals surface area contributed by atoms with Gasteiger partial charge in [-0.15, -0.1) is 0 Å². The Morgan fingerprint density at radius 1 is 1.00 bits per heavy atom. The van der Waals surface area contributed by atoms with E-state index in [0.29, 0.717) is 12.2 Å². The van der Waals surface area contributed by atoms with Crippen molar-refractivity contribution in [3.63, 3.8) is 0 Å². The largest absolute Gasteiger partial charge is 0.481 e. The number of aromatic nitrogens is 4. The Kier molecular flexibility index (Phi) is 18.6. The van der Waals surface area contributed by atoms with Crippen LogP contribution in [0, 0.1) is 5.41 Å². The molecule has 2 aromatic heterocycles. The van der Waals surface area contributed by atoms with Crippen molar-refractivity contribution in [1.82, 2.24) is 30.2 Å². The van der Waals surface area contributed by atoms with Crippen molar-refractivity contribution >= 4 is 69.1 Å². The number of ether oxygens (including phenoxy) is 1. The van der Waals surface area contributed by atoms with Crippen LogP contribution in [0.25, 0.3) is 11.2 Å². The molecule has 3 rings (SSSR count). The molecule has 10 N–H and O–H groups in total. The molecule has 1 aliphatic rings. The van der Waals surface area contributed by atoms with Crippen molar-refractivity contribution in [3.05, 3.63) is 12.7 Å². The maximum atomic E-state index is 12.7. The third-order valence-corrected chi connectivity index (χ3v) is 12.3. The number of nitrogens with two attached hydrogens (primary N) is 1. The van der Waals surface area contributed by atoms with Crippen molar-refractivity contribution in [2.75, 3.05) is 37.8 Å². The quantitative estimate of drug-likeness (QED) is 0.0496. The molecule has 0 aliphatic carbocycles. The molecule has 1 fully saturated rings. The van der Waals surface area contributed by atoms with Gasteiger partial charge in [0, 0.05) is 37.1 Å². The monoisotopic (exact) mass is 893 g/mol. The molecule has 324 valence electrons. The number of hydrogen-bond acceptors (Lipinski definition) is 18. The Morgan fingerprint density at radius 2 is 1.68 bits per heavy atom. The second-order valence-electron chi connectivity index (χ2n) is 13.5. The van der Waals surface area contributed by atoms with Gasteiger partial charge in [0.25, 0.3) is 0 Å². The number of carbonyl (C=O) groups is 3. The van der Waals surface area contributed by atoms with E-state index in [1.165, 1.54) is 13.8 Å². The second kappa shape index (κ2) is 21.7. The van der Waals surface area contributed by atoms with Crippen LogP contribution in [0.15, 0.2) is 12.7 Å². The first-order valence-electron chi connectivity index (χ1n) is 17.6. The Labute approximate surface area is 331 Å². The van der Waals surface area contributed by atoms with E-state index in [1.54, 1.807) is 0 Å². The molecule has 28 heteroatoms. The van der Waals surface area contributed by atoms with Crippen molar-refractivity contribution < 1.29 is 80.5 Å². The predicted molar refractivity (Wildman–Crippen MR) is 200 cm³/mol. The third-order valence-electron chi connectivity index (χ3n) is 8.25. The smallest absolute Gasteiger partial charge is 0.386 e. The average Bonchev–Trinajstić information content (AvgIpc) is 3.68. The van der Waals surface area contributed by atoms with E-state index in [9.17, 15) is 57.9 Å². The van der Waals surface area contributed by atoms with E-state index in [4.69, 9.17) is 19.5 Å². The van der Waals surface area contributed by atoms with E-state index in [-0.39, 0.29) is 41.6 Å². The maximum absolute atomic E-state index is 12.7. The molecular formula is C29H50N7O17P3S. The Bertz CT molecular complexity index is 1820. The van der Waals surface area contributed by atoms with Gasteiger partial charge in [-0.1, -0.05) is 58.2 Å². The molecule has 7 atom stereocenters. The summed E-state index contributed by atoms with van der Waals surface area (Å²) in [5.74, 6) is -1.03. The topological polar surface area (TPSA) is 364 Å². The standard InChI is InChI=1S/C29H50N7O17P3S/c1-4-5-6-7-8-9-20(38)57-13-12-31-19(37)10-11-32-27(41)24(40)29(2,3)15-50-56(47,48)53-55(45,46)49-14-18-23(52-54(42,43)44)22(39)28(51-18)36-17-35-21-25(30)33-16-34-26(21)36/h16-18,22-24,28,39-40H,4-15H2,1-3H3,(H,31,37)(H,32,41)(H,45,46)(H,47,48)(H2,30,33,34)(H2,42,43,44)/t18-,22+,23-,24+,28+/m0/s1. The van der Waals surface area contributed by atoms with E-state index >= 15 is 0 Å². The number of rotatable bonds is 25. The summed E-state index contributed by atoms with van der Waals surface area (Å²) in [6.45, 7) is 2.67. The van der Waals surface area contributed by atoms with Crippen LogP contribution in [0.5, 0.6) is 0 Å². The first kappa shape index (κ1) is 48.9. The lowest BCUT2D eigenvalue weighted by Gasteiger charge is -2.30. The molecule has 2 unspecified atom stereocenters. The number of phosphoric ester groups is 3. The summed E-state index contributed by atoms with van der Waals surface area (Å²) >= 11 is 1.13. The zero-order valence-electron chi connectivity index (χ0n) is 31.3. The van der Waals surface area contributed by atoms with Gasteiger partial charge in [-0.2, -0.15) is 4.31 Å². The number of unbranched alkanes of at least 4 members (excludes halogenated alkanes) is 4. The van der Waals surface area contributed by atoms with Crippen molar-refractivity contribution in [3.8, 4) is 0 Å². The molecule has 0 bridgehead atoms. The lowest BCUT2D eigenvalue weighted by molar-refractivity contribution is -0.137. The summed E-state index contributed by atoms with van der Waals surface area (Å²) in [7, 11) is -16.4. The molecule has 2 aromatic rings. The van der Waals surface area contributed by atoms with Crippen LogP contribution in [0.1, 0.15) is 71.9 Å². The van der Waals surface area contributed by atoms with Gasteiger partial charge in [-0.25, -0.2) is 28.6 Å². The highest BCUT2D eigenvalue weighted by Crippen LogP contribution is 2.61. The fraction of sp³-hybridized carbons (Fsp3) is 0.724. The number of aliphatic hydroxyl groups excluding tert-OH is 2. The normalized spacial score (nSPS) is 21.5. The summed E-state index contributed by atoms with van der Waals surface area (Å²) in [6, 6.07) is 0. The number of nitrogens with one attached hydrogen (secondary N) is 2. The number of carbonyl (C=O) groups excluding carboxylic acids is 3. The van der Waals surface area contributed by atoms with Gasteiger partial charge in [0.05, 0.1) is 19.5 Å². The fourth-order valence-electron chi connectivity index (χ4n) is 5.24. The minimum Gasteiger partial charge on any atom is -0.386 e. The molecule has 24 nitrogen and oxygen atoms in total. The average molecular weight is 894 g/mol. The summed E-state index contributed by atoms with van der Waals surface area (Å²) in [5, 5.41) is 26.5. The first-order valence-corrected chi connectivity index (χ1v) is 23.1. The van der Waals surface area contributed by atoms with Crippen molar-refractivity contribution in [2.24, 2.45) is 5.41 Å². The predicted octanol–water partition coefficient (Wildman–Crippen LogP) is 1.03. The van der Waals surface area contributed by atoms with E-state index in [2.05, 4.69) is 41.3 Å². The molecule has 0 aromatic carbocycles. The highest BCUT2D eigenvalue weighted by atomic mass is 32.2. The Hall–Kier alpha value is -2.44. The van der Waals surface area contributed by atoms with Crippen LogP contribution < -0.4 is 16.4 Å². The molecule has 0 radical (unpaired) electrons. The van der Waals surface area contributed by atoms with Crippen LogP contribution in [0.4, 0.5) is 5.82 Å². The van der Waals surface area contributed by atoms with E-state index < -0.39 is 84.6 Å². The van der Waals surface area contributed by atoms with Crippen LogP contribution in [-0.2, 0) is 50.7 Å². The number of anilines is 1. The van der Waals surface area contributed by atoms with Crippen LogP contribution >= 0.6 is 35.2 Å². The number of aliphatic hydroxyl groups is 2. The number of nitrogen functional groups attached to an aromatic ring is 1. The lowest BCUT2D eigenvalue weighted by Crippen LogP contribution is -2.46. The molecular weight excluding hydrogens is 843 g/mol. The third kappa shape index (κ3) is 15.9. The molecule has 0 spiro atoms. The molecule has 3 heterocycles. The van der Waals surface area contributed by atoms with Gasteiger partial charge >= 0.3 is 23.5 Å². The van der Waals surface area contributed by atoms with Gasteiger partial charge in [-0.05, 0) is 6.42 Å². The molecule has 1 saturated heterocycles. The van der Waals surface area contributed by atoms with Gasteiger partial charge in [-0.3, -0.25) is 32.5 Å². The lowest BCUT2D eigenvalue weighted by atomic mass is 9.87. The number of hydrogen-bond donors (Lipinski definition) is 9. The number of phosphoric acid groups is 3. The number of fused-ring (bicyclic) bond motifs is 1. The van der Waals surface area contributed by atoms with Crippen molar-refractivity contribution in [1.29, 1.82) is 0 Å². The fourth-order valence-corrected chi connectivity index (χ4v) is 8.79. The number of nitrogens with zero attached hydrogens (tertiary/aromatic N) is 4. The van der Waals surface area contributed by atoms with E-state index in [1.807, 2.05) is 0 Å². The molecule has 2 amide bonds.